The Morgan fingerprint density at radius 1 is 0.944 bits per heavy atom. The van der Waals surface area contributed by atoms with Gasteiger partial charge in [0.15, 0.2) is 0 Å². The number of hydrogen-bond acceptors (Lipinski definition) is 7. The number of benzene rings is 3. The van der Waals surface area contributed by atoms with Crippen molar-refractivity contribution in [2.75, 3.05) is 39.8 Å². The Hall–Kier alpha value is -3.83. The molecule has 192 valence electrons. The number of methoxy groups -OCH3 is 3. The molecule has 0 saturated heterocycles. The first-order valence-corrected chi connectivity index (χ1v) is 12.2. The molecule has 36 heavy (non-hydrogen) atoms. The molecule has 0 fully saturated rings. The summed E-state index contributed by atoms with van der Waals surface area (Å²) in [6.07, 6.45) is 0. The molecule has 2 amide bonds. The minimum atomic E-state index is -4.16. The predicted molar refractivity (Wildman–Crippen MR) is 132 cm³/mol. The van der Waals surface area contributed by atoms with E-state index in [2.05, 4.69) is 5.32 Å². The Labute approximate surface area is 209 Å². The summed E-state index contributed by atoms with van der Waals surface area (Å²) >= 11 is 0. The summed E-state index contributed by atoms with van der Waals surface area (Å²) in [4.78, 5) is 14.4. The van der Waals surface area contributed by atoms with E-state index in [-0.39, 0.29) is 30.3 Å². The van der Waals surface area contributed by atoms with Gasteiger partial charge < -0.3 is 28.6 Å². The Morgan fingerprint density at radius 2 is 1.69 bits per heavy atom. The fourth-order valence-corrected chi connectivity index (χ4v) is 4.16. The van der Waals surface area contributed by atoms with Crippen molar-refractivity contribution in [1.29, 1.82) is 0 Å². The maximum atomic E-state index is 13.1. The number of anilines is 1. The molecule has 0 spiro atoms. The number of halogens is 1. The molecule has 3 aromatic rings. The second-order valence-corrected chi connectivity index (χ2v) is 9.10. The van der Waals surface area contributed by atoms with Gasteiger partial charge in [0.05, 0.1) is 26.5 Å². The van der Waals surface area contributed by atoms with Crippen LogP contribution in [0.5, 0.6) is 17.2 Å². The highest BCUT2D eigenvalue weighted by molar-refractivity contribution is 7.87. The normalized spacial score (nSPS) is 11.0. The second-order valence-electron chi connectivity index (χ2n) is 7.55. The van der Waals surface area contributed by atoms with Crippen LogP contribution >= 0.6 is 0 Å². The van der Waals surface area contributed by atoms with Crippen molar-refractivity contribution in [3.05, 3.63) is 78.1 Å². The van der Waals surface area contributed by atoms with Crippen LogP contribution < -0.4 is 19.0 Å². The minimum absolute atomic E-state index is 0.0562. The number of carbonyl (C=O) groups excluding carboxylic acids is 1. The maximum absolute atomic E-state index is 13.1. The van der Waals surface area contributed by atoms with Crippen LogP contribution in [0.1, 0.15) is 5.56 Å². The van der Waals surface area contributed by atoms with Gasteiger partial charge >= 0.3 is 16.1 Å². The summed E-state index contributed by atoms with van der Waals surface area (Å²) in [7, 11) is 0.376. The van der Waals surface area contributed by atoms with Crippen LogP contribution in [-0.2, 0) is 21.4 Å². The fourth-order valence-electron chi connectivity index (χ4n) is 3.24. The number of ether oxygens (including phenoxy) is 3. The van der Waals surface area contributed by atoms with Crippen LogP contribution in [0.2, 0.25) is 0 Å². The van der Waals surface area contributed by atoms with E-state index >= 15 is 0 Å². The summed E-state index contributed by atoms with van der Waals surface area (Å²) in [6, 6.07) is 15.3. The van der Waals surface area contributed by atoms with Crippen molar-refractivity contribution < 1.29 is 36.0 Å². The van der Waals surface area contributed by atoms with Crippen molar-refractivity contribution in [3.8, 4) is 17.2 Å². The number of urea groups is 1. The number of rotatable bonds is 11. The van der Waals surface area contributed by atoms with Gasteiger partial charge in [-0.05, 0) is 54.1 Å². The van der Waals surface area contributed by atoms with E-state index in [0.29, 0.717) is 22.7 Å². The molecule has 0 heterocycles. The number of amides is 2. The maximum Gasteiger partial charge on any atom is 0.339 e. The number of carbonyl (C=O) groups is 1. The molecule has 3 aromatic carbocycles. The monoisotopic (exact) mass is 518 g/mol. The molecule has 1 N–H and O–H groups in total. The number of hydrogen-bond donors (Lipinski definition) is 1. The van der Waals surface area contributed by atoms with Crippen LogP contribution in [-0.4, -0.2) is 53.8 Å². The quantitative estimate of drug-likeness (QED) is 0.378. The van der Waals surface area contributed by atoms with Gasteiger partial charge in [-0.15, -0.1) is 0 Å². The molecule has 0 unspecified atom stereocenters. The van der Waals surface area contributed by atoms with E-state index in [1.54, 1.807) is 30.3 Å². The first kappa shape index (κ1) is 26.8. The summed E-state index contributed by atoms with van der Waals surface area (Å²) in [5.74, 6) is 0.502. The molecule has 3 rings (SSSR count). The van der Waals surface area contributed by atoms with Gasteiger partial charge in [-0.25, -0.2) is 9.18 Å². The minimum Gasteiger partial charge on any atom is -0.497 e. The number of nitrogens with one attached hydrogen (secondary N) is 1. The van der Waals surface area contributed by atoms with E-state index < -0.39 is 22.0 Å². The fraction of sp³-hybridized carbons (Fsp3) is 0.240. The molecule has 0 atom stereocenters. The predicted octanol–water partition coefficient (Wildman–Crippen LogP) is 4.29. The number of nitrogens with zero attached hydrogens (tertiary/aromatic N) is 1. The first-order valence-electron chi connectivity index (χ1n) is 10.8. The van der Waals surface area contributed by atoms with E-state index in [1.807, 2.05) is 0 Å². The Morgan fingerprint density at radius 3 is 2.36 bits per heavy atom. The molecule has 0 aliphatic rings. The van der Waals surface area contributed by atoms with Gasteiger partial charge in [-0.2, -0.15) is 8.42 Å². The smallest absolute Gasteiger partial charge is 0.339 e. The summed E-state index contributed by atoms with van der Waals surface area (Å²) in [6.45, 7) is 0.684. The molecule has 0 bridgehead atoms. The molecule has 0 aliphatic heterocycles. The standard InChI is InChI=1S/C25H27FN2O7S/c1-32-14-13-28(25(29)27-23-12-9-20(33-2)16-24(23)34-3)17-18-5-4-6-21(15-18)35-36(30,31)22-10-7-19(26)8-11-22/h4-12,15-16H,13-14,17H2,1-3H3,(H,27,29). The van der Waals surface area contributed by atoms with Gasteiger partial charge in [-0.3, -0.25) is 0 Å². The lowest BCUT2D eigenvalue weighted by molar-refractivity contribution is 0.152. The summed E-state index contributed by atoms with van der Waals surface area (Å²) < 4.78 is 59.1. The highest BCUT2D eigenvalue weighted by atomic mass is 32.2. The zero-order chi connectivity index (χ0) is 26.1. The van der Waals surface area contributed by atoms with Crippen molar-refractivity contribution in [2.24, 2.45) is 0 Å². The van der Waals surface area contributed by atoms with Crippen molar-refractivity contribution >= 4 is 21.8 Å². The van der Waals surface area contributed by atoms with Gasteiger partial charge in [-0.1, -0.05) is 12.1 Å². The molecule has 0 saturated carbocycles. The average Bonchev–Trinajstić information content (AvgIpc) is 2.86. The zero-order valence-corrected chi connectivity index (χ0v) is 20.9. The molecule has 0 aromatic heterocycles. The third kappa shape index (κ3) is 7.09. The third-order valence-corrected chi connectivity index (χ3v) is 6.34. The Kier molecular flexibility index (Phi) is 9.09. The van der Waals surface area contributed by atoms with E-state index in [4.69, 9.17) is 18.4 Å². The van der Waals surface area contributed by atoms with Gasteiger partial charge in [0.1, 0.15) is 28.0 Å². The van der Waals surface area contributed by atoms with Crippen LogP contribution in [0, 0.1) is 5.82 Å². The van der Waals surface area contributed by atoms with Crippen molar-refractivity contribution in [3.63, 3.8) is 0 Å². The van der Waals surface area contributed by atoms with Gasteiger partial charge in [0, 0.05) is 26.3 Å². The SMILES string of the molecule is COCCN(Cc1cccc(OS(=O)(=O)c2ccc(F)cc2)c1)C(=O)Nc1ccc(OC)cc1OC. The second kappa shape index (κ2) is 12.2. The van der Waals surface area contributed by atoms with Crippen molar-refractivity contribution in [2.45, 2.75) is 11.4 Å². The first-order chi connectivity index (χ1) is 17.2. The Bertz CT molecular complexity index is 1280. The topological polar surface area (TPSA) is 103 Å². The van der Waals surface area contributed by atoms with Crippen LogP contribution in [0.15, 0.2) is 71.6 Å². The average molecular weight is 519 g/mol. The van der Waals surface area contributed by atoms with Crippen LogP contribution in [0.25, 0.3) is 0 Å². The van der Waals surface area contributed by atoms with Gasteiger partial charge in [0.2, 0.25) is 0 Å². The zero-order valence-electron chi connectivity index (χ0n) is 20.1. The van der Waals surface area contributed by atoms with E-state index in [1.165, 1.54) is 38.4 Å². The van der Waals surface area contributed by atoms with E-state index in [0.717, 1.165) is 24.3 Å². The summed E-state index contributed by atoms with van der Waals surface area (Å²) in [5.41, 5.74) is 1.07. The molecule has 0 radical (unpaired) electrons. The van der Waals surface area contributed by atoms with Crippen molar-refractivity contribution in [1.82, 2.24) is 4.90 Å². The molecular formula is C25H27FN2O7S. The molecule has 11 heteroatoms. The molecule has 9 nitrogen and oxygen atoms in total. The lowest BCUT2D eigenvalue weighted by Gasteiger charge is -2.24. The van der Waals surface area contributed by atoms with Crippen LogP contribution in [0.3, 0.4) is 0 Å². The molecular weight excluding hydrogens is 491 g/mol. The summed E-state index contributed by atoms with van der Waals surface area (Å²) in [5, 5.41) is 2.81. The van der Waals surface area contributed by atoms with E-state index in [9.17, 15) is 17.6 Å². The third-order valence-electron chi connectivity index (χ3n) is 5.08. The highest BCUT2D eigenvalue weighted by Gasteiger charge is 2.19. The van der Waals surface area contributed by atoms with Gasteiger partial charge in [0.25, 0.3) is 0 Å². The molecule has 0 aliphatic carbocycles. The largest absolute Gasteiger partial charge is 0.497 e. The highest BCUT2D eigenvalue weighted by Crippen LogP contribution is 2.29. The lowest BCUT2D eigenvalue weighted by atomic mass is 10.2. The van der Waals surface area contributed by atoms with Crippen LogP contribution in [0.4, 0.5) is 14.9 Å². The lowest BCUT2D eigenvalue weighted by Crippen LogP contribution is -2.37. The Balaban J connectivity index is 1.77.